The highest BCUT2D eigenvalue weighted by Crippen LogP contribution is 2.53. The number of para-hydroxylation sites is 1. The number of methoxy groups -OCH3 is 1. The summed E-state index contributed by atoms with van der Waals surface area (Å²) in [5.74, 6) is 2.36. The van der Waals surface area contributed by atoms with Gasteiger partial charge in [-0.2, -0.15) is 0 Å². The van der Waals surface area contributed by atoms with E-state index in [1.54, 1.807) is 7.11 Å². The average molecular weight is 451 g/mol. The van der Waals surface area contributed by atoms with Crippen molar-refractivity contribution in [2.45, 2.75) is 37.4 Å². The Hall–Kier alpha value is -2.50. The zero-order valence-corrected chi connectivity index (χ0v) is 19.0. The quantitative estimate of drug-likeness (QED) is 0.692. The normalized spacial score (nSPS) is 28.8. The van der Waals surface area contributed by atoms with Gasteiger partial charge in [-0.1, -0.05) is 29.8 Å². The molecule has 0 bridgehead atoms. The number of amides is 1. The lowest BCUT2D eigenvalue weighted by Gasteiger charge is -2.35. The van der Waals surface area contributed by atoms with Gasteiger partial charge in [-0.25, -0.2) is 0 Å². The number of hydrogen-bond donors (Lipinski definition) is 0. The second-order valence-corrected chi connectivity index (χ2v) is 9.79. The van der Waals surface area contributed by atoms with Crippen LogP contribution in [0.25, 0.3) is 6.08 Å². The summed E-state index contributed by atoms with van der Waals surface area (Å²) in [7, 11) is 1.69. The highest BCUT2D eigenvalue weighted by atomic mass is 35.5. The van der Waals surface area contributed by atoms with Gasteiger partial charge in [0.15, 0.2) is 0 Å². The Morgan fingerprint density at radius 2 is 2.12 bits per heavy atom. The van der Waals surface area contributed by atoms with E-state index in [1.807, 2.05) is 36.4 Å². The van der Waals surface area contributed by atoms with Crippen LogP contribution < -0.4 is 9.47 Å². The molecule has 32 heavy (non-hydrogen) atoms. The lowest BCUT2D eigenvalue weighted by Crippen LogP contribution is -2.51. The standard InChI is InChI=1S/C26H27ClN2O3/c1-31-23-6-3-2-5-17(23)14-28-15-20-13-22(29-10-4-9-26(20,29)25(28)30)19-11-18-12-21(27)7-8-24(18)32-16-19/h2-3,5-8,11-12,20,22H,4,9-10,13-16H2,1H3/t20-,22-,26-/m0/s1. The topological polar surface area (TPSA) is 42.0 Å². The molecule has 4 aliphatic rings. The van der Waals surface area contributed by atoms with Gasteiger partial charge < -0.3 is 14.4 Å². The van der Waals surface area contributed by atoms with Crippen molar-refractivity contribution in [3.63, 3.8) is 0 Å². The Balaban J connectivity index is 1.28. The molecule has 3 fully saturated rings. The van der Waals surface area contributed by atoms with Gasteiger partial charge in [-0.15, -0.1) is 0 Å². The van der Waals surface area contributed by atoms with Crippen molar-refractivity contribution in [1.82, 2.24) is 9.80 Å². The van der Waals surface area contributed by atoms with Gasteiger partial charge in [-0.05, 0) is 61.7 Å². The summed E-state index contributed by atoms with van der Waals surface area (Å²) in [6, 6.07) is 14.0. The number of carbonyl (C=O) groups excluding carboxylic acids is 1. The van der Waals surface area contributed by atoms with E-state index >= 15 is 0 Å². The molecule has 2 aromatic carbocycles. The highest BCUT2D eigenvalue weighted by Gasteiger charge is 2.65. The Labute approximate surface area is 193 Å². The van der Waals surface area contributed by atoms with Crippen LogP contribution in [-0.4, -0.2) is 54.1 Å². The molecule has 166 valence electrons. The summed E-state index contributed by atoms with van der Waals surface area (Å²) in [5.41, 5.74) is 3.01. The van der Waals surface area contributed by atoms with E-state index in [-0.39, 0.29) is 17.5 Å². The van der Waals surface area contributed by atoms with Crippen molar-refractivity contribution in [2.75, 3.05) is 26.8 Å². The molecular formula is C26H27ClN2O3. The maximum Gasteiger partial charge on any atom is 0.243 e. The second kappa shape index (κ2) is 7.53. The number of fused-ring (bicyclic) bond motifs is 1. The predicted molar refractivity (Wildman–Crippen MR) is 124 cm³/mol. The second-order valence-electron chi connectivity index (χ2n) is 9.36. The minimum absolute atomic E-state index is 0.256. The monoisotopic (exact) mass is 450 g/mol. The van der Waals surface area contributed by atoms with Crippen molar-refractivity contribution in [3.8, 4) is 11.5 Å². The van der Waals surface area contributed by atoms with Crippen molar-refractivity contribution in [3.05, 3.63) is 64.2 Å². The zero-order chi connectivity index (χ0) is 21.9. The minimum Gasteiger partial charge on any atom is -0.496 e. The number of rotatable bonds is 4. The number of nitrogens with zero attached hydrogens (tertiary/aromatic N) is 2. The number of ether oxygens (including phenoxy) is 2. The third-order valence-electron chi connectivity index (χ3n) is 7.82. The number of likely N-dealkylation sites (tertiary alicyclic amines) is 1. The molecule has 1 spiro atoms. The Bertz CT molecular complexity index is 1120. The lowest BCUT2D eigenvalue weighted by molar-refractivity contribution is -0.137. The molecule has 0 unspecified atom stereocenters. The van der Waals surface area contributed by atoms with Crippen LogP contribution in [0.1, 0.15) is 30.4 Å². The Morgan fingerprint density at radius 1 is 1.25 bits per heavy atom. The van der Waals surface area contributed by atoms with Crippen LogP contribution in [0.5, 0.6) is 11.5 Å². The zero-order valence-electron chi connectivity index (χ0n) is 18.2. The largest absolute Gasteiger partial charge is 0.496 e. The van der Waals surface area contributed by atoms with Gasteiger partial charge in [0.1, 0.15) is 23.6 Å². The number of hydrogen-bond acceptors (Lipinski definition) is 4. The Morgan fingerprint density at radius 3 is 3.00 bits per heavy atom. The van der Waals surface area contributed by atoms with Crippen molar-refractivity contribution >= 4 is 23.6 Å². The summed E-state index contributed by atoms with van der Waals surface area (Å²) >= 11 is 6.22. The fourth-order valence-electron chi connectivity index (χ4n) is 6.46. The first-order chi connectivity index (χ1) is 15.6. The maximum absolute atomic E-state index is 13.8. The van der Waals surface area contributed by atoms with E-state index in [2.05, 4.69) is 21.9 Å². The first-order valence-electron chi connectivity index (χ1n) is 11.4. The molecule has 0 saturated carbocycles. The van der Waals surface area contributed by atoms with Crippen molar-refractivity contribution in [1.29, 1.82) is 0 Å². The van der Waals surface area contributed by atoms with Crippen molar-refractivity contribution < 1.29 is 14.3 Å². The third-order valence-corrected chi connectivity index (χ3v) is 8.05. The van der Waals surface area contributed by atoms with Crippen molar-refractivity contribution in [2.24, 2.45) is 5.92 Å². The number of carbonyl (C=O) groups is 1. The van der Waals surface area contributed by atoms with Gasteiger partial charge in [0, 0.05) is 41.2 Å². The fourth-order valence-corrected chi connectivity index (χ4v) is 6.65. The first kappa shape index (κ1) is 20.1. The predicted octanol–water partition coefficient (Wildman–Crippen LogP) is 4.39. The fraction of sp³-hybridized carbons (Fsp3) is 0.423. The summed E-state index contributed by atoms with van der Waals surface area (Å²) < 4.78 is 11.6. The summed E-state index contributed by atoms with van der Waals surface area (Å²) in [5, 5.41) is 0.716. The van der Waals surface area contributed by atoms with E-state index < -0.39 is 0 Å². The van der Waals surface area contributed by atoms with Gasteiger partial charge in [-0.3, -0.25) is 9.69 Å². The molecule has 4 heterocycles. The summed E-state index contributed by atoms with van der Waals surface area (Å²) in [4.78, 5) is 18.4. The van der Waals surface area contributed by atoms with Crippen LogP contribution in [0.2, 0.25) is 5.02 Å². The molecule has 5 nitrogen and oxygen atoms in total. The molecule has 6 rings (SSSR count). The maximum atomic E-state index is 13.8. The van der Waals surface area contributed by atoms with Crippen LogP contribution in [0.4, 0.5) is 0 Å². The number of benzene rings is 2. The average Bonchev–Trinajstić information content (AvgIpc) is 3.44. The molecule has 2 aromatic rings. The molecule has 3 atom stereocenters. The lowest BCUT2D eigenvalue weighted by atomic mass is 9.85. The molecular weight excluding hydrogens is 424 g/mol. The summed E-state index contributed by atoms with van der Waals surface area (Å²) in [6.07, 6.45) is 5.25. The molecule has 6 heteroatoms. The van der Waals surface area contributed by atoms with Gasteiger partial charge in [0.25, 0.3) is 0 Å². The third kappa shape index (κ3) is 2.91. The van der Waals surface area contributed by atoms with E-state index in [4.69, 9.17) is 21.1 Å². The Kier molecular flexibility index (Phi) is 4.74. The molecule has 0 aliphatic carbocycles. The molecule has 3 saturated heterocycles. The van der Waals surface area contributed by atoms with Gasteiger partial charge >= 0.3 is 0 Å². The summed E-state index contributed by atoms with van der Waals surface area (Å²) in [6.45, 7) is 2.96. The molecule has 0 aromatic heterocycles. The molecule has 0 radical (unpaired) electrons. The van der Waals surface area contributed by atoms with Crippen LogP contribution in [0.3, 0.4) is 0 Å². The highest BCUT2D eigenvalue weighted by molar-refractivity contribution is 6.30. The van der Waals surface area contributed by atoms with E-state index in [1.165, 1.54) is 5.57 Å². The van der Waals surface area contributed by atoms with Gasteiger partial charge in [0.2, 0.25) is 5.91 Å². The van der Waals surface area contributed by atoms with Gasteiger partial charge in [0.05, 0.1) is 7.11 Å². The first-order valence-corrected chi connectivity index (χ1v) is 11.8. The van der Waals surface area contributed by atoms with Crippen LogP contribution >= 0.6 is 11.6 Å². The molecule has 4 aliphatic heterocycles. The van der Waals surface area contributed by atoms with Crippen LogP contribution in [-0.2, 0) is 11.3 Å². The molecule has 0 N–H and O–H groups in total. The van der Waals surface area contributed by atoms with E-state index in [0.717, 1.165) is 55.0 Å². The molecule has 1 amide bonds. The van der Waals surface area contributed by atoms with Crippen LogP contribution in [0.15, 0.2) is 48.0 Å². The van der Waals surface area contributed by atoms with Crippen LogP contribution in [0, 0.1) is 5.92 Å². The number of halogens is 1. The van der Waals surface area contributed by atoms with E-state index in [9.17, 15) is 4.79 Å². The van der Waals surface area contributed by atoms with E-state index in [0.29, 0.717) is 24.1 Å². The smallest absolute Gasteiger partial charge is 0.243 e. The SMILES string of the molecule is COc1ccccc1CN1C[C@@H]2C[C@@H](C3=Cc4cc(Cl)ccc4OC3)N3CCC[C@@]23C1=O. The minimum atomic E-state index is -0.359.